The topological polar surface area (TPSA) is 97.7 Å². The Kier molecular flexibility index (Phi) is 7.28. The smallest absolute Gasteiger partial charge is 0.265 e. The minimum absolute atomic E-state index is 0.000428. The molecule has 1 fully saturated rings. The van der Waals surface area contributed by atoms with E-state index in [0.29, 0.717) is 33.7 Å². The van der Waals surface area contributed by atoms with E-state index in [1.54, 1.807) is 37.3 Å². The van der Waals surface area contributed by atoms with Gasteiger partial charge >= 0.3 is 0 Å². The van der Waals surface area contributed by atoms with Gasteiger partial charge in [-0.05, 0) is 25.3 Å². The van der Waals surface area contributed by atoms with Crippen LogP contribution in [0.15, 0.2) is 59.4 Å². The summed E-state index contributed by atoms with van der Waals surface area (Å²) in [5.41, 5.74) is 0.748. The van der Waals surface area contributed by atoms with Gasteiger partial charge in [0.15, 0.2) is 11.5 Å². The van der Waals surface area contributed by atoms with Crippen LogP contribution in [0, 0.1) is 0 Å². The number of pyridine rings is 1. The van der Waals surface area contributed by atoms with Crippen molar-refractivity contribution in [2.75, 3.05) is 20.2 Å². The fourth-order valence-corrected chi connectivity index (χ4v) is 6.44. The molecule has 1 aliphatic heterocycles. The number of ether oxygens (including phenoxy) is 1. The Labute approximate surface area is 223 Å². The van der Waals surface area contributed by atoms with Crippen molar-refractivity contribution in [1.82, 2.24) is 14.8 Å². The highest BCUT2D eigenvalue weighted by Gasteiger charge is 2.28. The standard InChI is InChI=1S/C29H29N3O5S/c1-18(33)31-15-9-8-12-20(31)16-30-28(35)27-25(37-2)24-26(38-27)21-13-6-7-14-22(21)32(29(24)36)17-23(34)19-10-4-3-5-11-19/h3-7,10-11,13-14,20H,8-9,12,15-17H2,1-2H3,(H,30,35). The van der Waals surface area contributed by atoms with Gasteiger partial charge in [0.1, 0.15) is 10.3 Å². The first-order valence-corrected chi connectivity index (χ1v) is 13.5. The van der Waals surface area contributed by atoms with E-state index in [9.17, 15) is 19.2 Å². The van der Waals surface area contributed by atoms with Crippen molar-refractivity contribution in [3.8, 4) is 5.75 Å². The van der Waals surface area contributed by atoms with Crippen LogP contribution in [-0.4, -0.2) is 53.3 Å². The van der Waals surface area contributed by atoms with Crippen LogP contribution in [0.25, 0.3) is 21.0 Å². The number of aromatic nitrogens is 1. The van der Waals surface area contributed by atoms with Gasteiger partial charge in [-0.1, -0.05) is 48.5 Å². The van der Waals surface area contributed by atoms with Crippen molar-refractivity contribution in [2.24, 2.45) is 0 Å². The molecule has 38 heavy (non-hydrogen) atoms. The number of fused-ring (bicyclic) bond motifs is 3. The molecule has 8 nitrogen and oxygen atoms in total. The van der Waals surface area contributed by atoms with Gasteiger partial charge in [-0.15, -0.1) is 11.3 Å². The summed E-state index contributed by atoms with van der Waals surface area (Å²) in [7, 11) is 1.44. The molecule has 1 aliphatic rings. The van der Waals surface area contributed by atoms with E-state index < -0.39 is 0 Å². The number of nitrogens with one attached hydrogen (secondary N) is 1. The van der Waals surface area contributed by atoms with Crippen molar-refractivity contribution >= 4 is 49.9 Å². The number of hydrogen-bond acceptors (Lipinski definition) is 6. The first kappa shape index (κ1) is 25.7. The summed E-state index contributed by atoms with van der Waals surface area (Å²) in [4.78, 5) is 54.4. The summed E-state index contributed by atoms with van der Waals surface area (Å²) >= 11 is 1.20. The Morgan fingerprint density at radius 1 is 1.05 bits per heavy atom. The molecule has 0 bridgehead atoms. The van der Waals surface area contributed by atoms with Crippen LogP contribution in [0.2, 0.25) is 0 Å². The fraction of sp³-hybridized carbons (Fsp3) is 0.310. The third-order valence-electron chi connectivity index (χ3n) is 7.10. The van der Waals surface area contributed by atoms with Crippen LogP contribution < -0.4 is 15.6 Å². The predicted octanol–water partition coefficient (Wildman–Crippen LogP) is 4.24. The number of thiophene rings is 1. The first-order valence-electron chi connectivity index (χ1n) is 12.7. The lowest BCUT2D eigenvalue weighted by Crippen LogP contribution is -2.48. The van der Waals surface area contributed by atoms with Gasteiger partial charge in [0.05, 0.1) is 23.9 Å². The SMILES string of the molecule is COc1c(C(=O)NCC2CCCCN2C(C)=O)sc2c1c(=O)n(CC(=O)c1ccccc1)c1ccccc21. The minimum atomic E-state index is -0.384. The van der Waals surface area contributed by atoms with Gasteiger partial charge in [0.2, 0.25) is 5.91 Å². The molecule has 1 N–H and O–H groups in total. The largest absolute Gasteiger partial charge is 0.494 e. The van der Waals surface area contributed by atoms with Gasteiger partial charge in [-0.2, -0.15) is 0 Å². The molecule has 196 valence electrons. The van der Waals surface area contributed by atoms with E-state index in [1.807, 2.05) is 29.2 Å². The number of rotatable bonds is 7. The van der Waals surface area contributed by atoms with Crippen molar-refractivity contribution < 1.29 is 19.1 Å². The van der Waals surface area contributed by atoms with E-state index in [2.05, 4.69) is 5.32 Å². The lowest BCUT2D eigenvalue weighted by molar-refractivity contribution is -0.132. The van der Waals surface area contributed by atoms with Gasteiger partial charge in [0, 0.05) is 37.0 Å². The molecule has 1 atom stereocenters. The van der Waals surface area contributed by atoms with E-state index in [1.165, 1.54) is 23.0 Å². The Hall–Kier alpha value is -3.98. The van der Waals surface area contributed by atoms with Crippen molar-refractivity contribution in [3.63, 3.8) is 0 Å². The average molecular weight is 532 g/mol. The van der Waals surface area contributed by atoms with Crippen LogP contribution in [0.5, 0.6) is 5.75 Å². The maximum Gasteiger partial charge on any atom is 0.265 e. The Bertz CT molecular complexity index is 1590. The molecule has 1 saturated heterocycles. The fourth-order valence-electron chi connectivity index (χ4n) is 5.22. The molecule has 2 aromatic carbocycles. The summed E-state index contributed by atoms with van der Waals surface area (Å²) in [6.45, 7) is 2.43. The number of hydrogen-bond donors (Lipinski definition) is 1. The second-order valence-corrected chi connectivity index (χ2v) is 10.5. The molecule has 4 aromatic rings. The Balaban J connectivity index is 1.54. The number of likely N-dealkylation sites (tertiary alicyclic amines) is 1. The molecule has 3 heterocycles. The maximum absolute atomic E-state index is 13.8. The normalized spacial score (nSPS) is 15.5. The van der Waals surface area contributed by atoms with Crippen LogP contribution in [-0.2, 0) is 11.3 Å². The van der Waals surface area contributed by atoms with Crippen LogP contribution >= 0.6 is 11.3 Å². The number of piperidine rings is 1. The van der Waals surface area contributed by atoms with Gasteiger partial charge in [-0.3, -0.25) is 23.7 Å². The molecule has 1 unspecified atom stereocenters. The molecule has 9 heteroatoms. The van der Waals surface area contributed by atoms with E-state index in [4.69, 9.17) is 4.74 Å². The maximum atomic E-state index is 13.8. The summed E-state index contributed by atoms with van der Waals surface area (Å²) in [5.74, 6) is -0.342. The number of benzene rings is 2. The zero-order valence-electron chi connectivity index (χ0n) is 21.4. The monoisotopic (exact) mass is 531 g/mol. The number of carbonyl (C=O) groups is 3. The molecule has 5 rings (SSSR count). The highest BCUT2D eigenvalue weighted by Crippen LogP contribution is 2.39. The van der Waals surface area contributed by atoms with Gasteiger partial charge in [0.25, 0.3) is 11.5 Å². The lowest BCUT2D eigenvalue weighted by atomic mass is 10.0. The van der Waals surface area contributed by atoms with Crippen LogP contribution in [0.3, 0.4) is 0 Å². The van der Waals surface area contributed by atoms with E-state index >= 15 is 0 Å². The second-order valence-electron chi connectivity index (χ2n) is 9.44. The van der Waals surface area contributed by atoms with Crippen molar-refractivity contribution in [1.29, 1.82) is 0 Å². The second kappa shape index (κ2) is 10.8. The summed E-state index contributed by atoms with van der Waals surface area (Å²) in [5, 5.41) is 4.01. The Morgan fingerprint density at radius 2 is 1.79 bits per heavy atom. The molecule has 0 aliphatic carbocycles. The highest BCUT2D eigenvalue weighted by atomic mass is 32.1. The number of methoxy groups -OCH3 is 1. The zero-order chi connectivity index (χ0) is 26.8. The quantitative estimate of drug-likeness (QED) is 0.360. The number of amides is 2. The summed E-state index contributed by atoms with van der Waals surface area (Å²) in [6.07, 6.45) is 2.79. The molecular weight excluding hydrogens is 502 g/mol. The predicted molar refractivity (Wildman–Crippen MR) is 148 cm³/mol. The van der Waals surface area contributed by atoms with E-state index in [-0.39, 0.29) is 46.9 Å². The molecular formula is C29H29N3O5S. The number of para-hydroxylation sites is 1. The Morgan fingerprint density at radius 3 is 2.53 bits per heavy atom. The third-order valence-corrected chi connectivity index (χ3v) is 8.30. The number of ketones is 1. The van der Waals surface area contributed by atoms with Gasteiger partial charge in [-0.25, -0.2) is 0 Å². The first-order chi connectivity index (χ1) is 18.4. The number of nitrogens with zero attached hydrogens (tertiary/aromatic N) is 2. The van der Waals surface area contributed by atoms with Crippen LogP contribution in [0.4, 0.5) is 0 Å². The number of Topliss-reactive ketones (excluding diaryl/α,β-unsaturated/α-hetero) is 1. The van der Waals surface area contributed by atoms with Crippen LogP contribution in [0.1, 0.15) is 46.2 Å². The minimum Gasteiger partial charge on any atom is -0.494 e. The highest BCUT2D eigenvalue weighted by molar-refractivity contribution is 7.22. The molecule has 2 aromatic heterocycles. The zero-order valence-corrected chi connectivity index (χ0v) is 22.2. The summed E-state index contributed by atoms with van der Waals surface area (Å²) < 4.78 is 7.73. The summed E-state index contributed by atoms with van der Waals surface area (Å²) in [6, 6.07) is 16.2. The molecule has 2 amide bonds. The van der Waals surface area contributed by atoms with Gasteiger partial charge < -0.3 is 15.0 Å². The van der Waals surface area contributed by atoms with Crippen molar-refractivity contribution in [2.45, 2.75) is 38.8 Å². The average Bonchev–Trinajstić information content (AvgIpc) is 3.34. The lowest BCUT2D eigenvalue weighted by Gasteiger charge is -2.35. The number of carbonyl (C=O) groups excluding carboxylic acids is 3. The van der Waals surface area contributed by atoms with Crippen molar-refractivity contribution in [3.05, 3.63) is 75.4 Å². The van der Waals surface area contributed by atoms with E-state index in [0.717, 1.165) is 24.6 Å². The molecule has 0 radical (unpaired) electrons. The molecule has 0 spiro atoms. The third kappa shape index (κ3) is 4.69. The molecule has 0 saturated carbocycles.